The lowest BCUT2D eigenvalue weighted by atomic mass is 10.3. The summed E-state index contributed by atoms with van der Waals surface area (Å²) in [7, 11) is 0.666. The van der Waals surface area contributed by atoms with Gasteiger partial charge in [-0.25, -0.2) is 0 Å². The van der Waals surface area contributed by atoms with Crippen LogP contribution in [0.25, 0.3) is 0 Å². The zero-order valence-corrected chi connectivity index (χ0v) is 13.9. The van der Waals surface area contributed by atoms with Crippen LogP contribution in [0.3, 0.4) is 0 Å². The van der Waals surface area contributed by atoms with E-state index in [0.717, 1.165) is 29.2 Å². The topological polar surface area (TPSA) is 18.5 Å². The normalized spacial score (nSPS) is 13.7. The summed E-state index contributed by atoms with van der Waals surface area (Å²) >= 11 is 12.6. The maximum Gasteiger partial charge on any atom is 0.191 e. The number of allylic oxidation sites excluding steroid dienone is 1. The minimum absolute atomic E-state index is 0.422. The second-order valence-corrected chi connectivity index (χ2v) is 7.15. The molecule has 0 amide bonds. The van der Waals surface area contributed by atoms with E-state index in [1.165, 1.54) is 0 Å². The molecule has 0 bridgehead atoms. The summed E-state index contributed by atoms with van der Waals surface area (Å²) in [6, 6.07) is 7.70. The zero-order valence-electron chi connectivity index (χ0n) is 11.5. The molecule has 106 valence electrons. The van der Waals surface area contributed by atoms with Crippen LogP contribution in [-0.2, 0) is 4.74 Å². The summed E-state index contributed by atoms with van der Waals surface area (Å²) < 4.78 is 10.6. The predicted molar refractivity (Wildman–Crippen MR) is 84.8 cm³/mol. The molecule has 0 saturated heterocycles. The van der Waals surface area contributed by atoms with Crippen LogP contribution in [0.4, 0.5) is 0 Å². The van der Waals surface area contributed by atoms with Crippen LogP contribution in [0.15, 0.2) is 34.8 Å². The van der Waals surface area contributed by atoms with Crippen LogP contribution in [0.1, 0.15) is 26.7 Å². The Morgan fingerprint density at radius 3 is 2.42 bits per heavy atom. The standard InChI is InChI=1S/C14H19Cl2O2P/c1-4-5-10-18-14(15)11(2)19(16)13-8-6-12(17-3)7-9-13/h6-9H,4-5,10H2,1-3H3/b14-11-. The van der Waals surface area contributed by atoms with Gasteiger partial charge in [0.25, 0.3) is 0 Å². The summed E-state index contributed by atoms with van der Waals surface area (Å²) in [5.41, 5.74) is 0. The third-order valence-electron chi connectivity index (χ3n) is 2.60. The van der Waals surface area contributed by atoms with E-state index < -0.39 is 7.27 Å². The van der Waals surface area contributed by atoms with Gasteiger partial charge in [0.1, 0.15) is 5.75 Å². The van der Waals surface area contributed by atoms with Gasteiger partial charge in [-0.3, -0.25) is 0 Å². The van der Waals surface area contributed by atoms with Crippen LogP contribution in [0.2, 0.25) is 0 Å². The Balaban J connectivity index is 2.73. The number of rotatable bonds is 7. The van der Waals surface area contributed by atoms with Crippen LogP contribution in [0, 0.1) is 0 Å². The fourth-order valence-electron chi connectivity index (χ4n) is 1.39. The Morgan fingerprint density at radius 2 is 1.89 bits per heavy atom. The van der Waals surface area contributed by atoms with Gasteiger partial charge in [-0.15, -0.1) is 0 Å². The van der Waals surface area contributed by atoms with Gasteiger partial charge in [0.05, 0.1) is 21.0 Å². The van der Waals surface area contributed by atoms with Crippen LogP contribution < -0.4 is 10.0 Å². The number of halogens is 2. The molecule has 0 saturated carbocycles. The van der Waals surface area contributed by atoms with Crippen molar-refractivity contribution in [3.05, 3.63) is 34.8 Å². The monoisotopic (exact) mass is 320 g/mol. The maximum atomic E-state index is 6.46. The molecule has 1 rings (SSSR count). The van der Waals surface area contributed by atoms with E-state index in [2.05, 4.69) is 6.92 Å². The van der Waals surface area contributed by atoms with Gasteiger partial charge in [-0.2, -0.15) is 0 Å². The molecule has 0 aliphatic carbocycles. The summed E-state index contributed by atoms with van der Waals surface area (Å²) in [6.07, 6.45) is 2.07. The van der Waals surface area contributed by atoms with Crippen molar-refractivity contribution in [2.75, 3.05) is 13.7 Å². The van der Waals surface area contributed by atoms with Crippen molar-refractivity contribution in [1.82, 2.24) is 0 Å². The second-order valence-electron chi connectivity index (χ2n) is 4.04. The molecule has 1 unspecified atom stereocenters. The van der Waals surface area contributed by atoms with E-state index >= 15 is 0 Å². The van der Waals surface area contributed by atoms with Crippen molar-refractivity contribution in [2.24, 2.45) is 0 Å². The molecular weight excluding hydrogens is 302 g/mol. The lowest BCUT2D eigenvalue weighted by Gasteiger charge is -2.14. The van der Waals surface area contributed by atoms with Gasteiger partial charge in [0.15, 0.2) is 5.22 Å². The number of benzene rings is 1. The molecule has 1 aromatic carbocycles. The number of ether oxygens (including phenoxy) is 2. The highest BCUT2D eigenvalue weighted by Crippen LogP contribution is 2.50. The minimum atomic E-state index is -0.975. The van der Waals surface area contributed by atoms with Gasteiger partial charge in [-0.05, 0) is 54.5 Å². The van der Waals surface area contributed by atoms with E-state index in [1.54, 1.807) is 7.11 Å². The first-order chi connectivity index (χ1) is 9.10. The average molecular weight is 321 g/mol. The van der Waals surface area contributed by atoms with E-state index in [4.69, 9.17) is 32.3 Å². The Kier molecular flexibility index (Phi) is 7.60. The van der Waals surface area contributed by atoms with E-state index in [1.807, 2.05) is 31.2 Å². The highest BCUT2D eigenvalue weighted by atomic mass is 35.7. The lowest BCUT2D eigenvalue weighted by molar-refractivity contribution is 0.229. The third-order valence-corrected chi connectivity index (χ3v) is 6.02. The van der Waals surface area contributed by atoms with Gasteiger partial charge < -0.3 is 9.47 Å². The predicted octanol–water partition coefficient (Wildman–Crippen LogP) is 5.20. The Labute approximate surface area is 126 Å². The quantitative estimate of drug-likeness (QED) is 0.390. The largest absolute Gasteiger partial charge is 0.497 e. The van der Waals surface area contributed by atoms with Crippen molar-refractivity contribution >= 4 is 35.4 Å². The van der Waals surface area contributed by atoms with Gasteiger partial charge >= 0.3 is 0 Å². The SMILES string of the molecule is CCCCO/C(Cl)=C(/C)P(Cl)c1ccc(OC)cc1. The molecule has 0 heterocycles. The first-order valence-electron chi connectivity index (χ1n) is 6.19. The Morgan fingerprint density at radius 1 is 1.26 bits per heavy atom. The molecule has 0 spiro atoms. The molecular formula is C14H19Cl2O2P. The molecule has 5 heteroatoms. The second kappa shape index (κ2) is 8.68. The molecule has 1 atom stereocenters. The molecule has 0 aromatic heterocycles. The van der Waals surface area contributed by atoms with E-state index in [-0.39, 0.29) is 0 Å². The van der Waals surface area contributed by atoms with E-state index in [0.29, 0.717) is 11.8 Å². The van der Waals surface area contributed by atoms with Gasteiger partial charge in [0, 0.05) is 5.31 Å². The van der Waals surface area contributed by atoms with Crippen molar-refractivity contribution in [2.45, 2.75) is 26.7 Å². The first kappa shape index (κ1) is 16.6. The highest BCUT2D eigenvalue weighted by Gasteiger charge is 2.14. The Bertz CT molecular complexity index is 418. The average Bonchev–Trinajstić information content (AvgIpc) is 2.46. The first-order valence-corrected chi connectivity index (χ1v) is 8.81. The third kappa shape index (κ3) is 5.22. The molecule has 0 radical (unpaired) electrons. The molecule has 2 nitrogen and oxygen atoms in total. The van der Waals surface area contributed by atoms with Crippen molar-refractivity contribution in [3.63, 3.8) is 0 Å². The number of hydrogen-bond donors (Lipinski definition) is 0. The summed E-state index contributed by atoms with van der Waals surface area (Å²) in [5.74, 6) is 0.816. The molecule has 0 aliphatic rings. The number of hydrogen-bond acceptors (Lipinski definition) is 2. The maximum absolute atomic E-state index is 6.46. The fraction of sp³-hybridized carbons (Fsp3) is 0.429. The highest BCUT2D eigenvalue weighted by molar-refractivity contribution is 7.93. The Hall–Kier alpha value is -0.430. The molecule has 1 aromatic rings. The lowest BCUT2D eigenvalue weighted by Crippen LogP contribution is -2.00. The summed E-state index contributed by atoms with van der Waals surface area (Å²) in [6.45, 7) is 4.66. The molecule has 19 heavy (non-hydrogen) atoms. The fourth-order valence-corrected chi connectivity index (χ4v) is 3.44. The molecule has 0 fully saturated rings. The zero-order chi connectivity index (χ0) is 14.3. The van der Waals surface area contributed by atoms with Crippen molar-refractivity contribution in [3.8, 4) is 5.75 Å². The van der Waals surface area contributed by atoms with Gasteiger partial charge in [0.2, 0.25) is 0 Å². The van der Waals surface area contributed by atoms with E-state index in [9.17, 15) is 0 Å². The number of methoxy groups -OCH3 is 1. The van der Waals surface area contributed by atoms with Gasteiger partial charge in [-0.1, -0.05) is 24.6 Å². The summed E-state index contributed by atoms with van der Waals surface area (Å²) in [5, 5.41) is 2.34. The van der Waals surface area contributed by atoms with Crippen LogP contribution in [-0.4, -0.2) is 13.7 Å². The van der Waals surface area contributed by atoms with Crippen LogP contribution in [0.5, 0.6) is 5.75 Å². The minimum Gasteiger partial charge on any atom is -0.497 e. The van der Waals surface area contributed by atoms with Crippen molar-refractivity contribution < 1.29 is 9.47 Å². The smallest absolute Gasteiger partial charge is 0.191 e. The number of unbranched alkanes of at least 4 members (excludes halogenated alkanes) is 1. The molecule has 0 aliphatic heterocycles. The van der Waals surface area contributed by atoms with Crippen molar-refractivity contribution in [1.29, 1.82) is 0 Å². The van der Waals surface area contributed by atoms with Crippen LogP contribution >= 0.6 is 30.1 Å². The molecule has 0 N–H and O–H groups in total. The summed E-state index contributed by atoms with van der Waals surface area (Å²) in [4.78, 5) is 0.